The van der Waals surface area contributed by atoms with Gasteiger partial charge in [-0.05, 0) is 55.2 Å². The van der Waals surface area contributed by atoms with Gasteiger partial charge in [0.15, 0.2) is 0 Å². The van der Waals surface area contributed by atoms with Gasteiger partial charge in [-0.3, -0.25) is 9.52 Å². The Labute approximate surface area is 180 Å². The zero-order valence-corrected chi connectivity index (χ0v) is 17.6. The van der Waals surface area contributed by atoms with Gasteiger partial charge in [0.2, 0.25) is 0 Å². The first kappa shape index (κ1) is 23.1. The molecular formula is C19H17ClF4N2O4S. The van der Waals surface area contributed by atoms with E-state index < -0.39 is 34.0 Å². The number of carbonyl (C=O) groups excluding carboxylic acids is 1. The molecule has 168 valence electrons. The standard InChI is InChI=1S/C19H17ClF4N2O4S/c1-30-16-6-7-17(31(28,29)26-11-3-5-15(21)14(20)9-11)12-4-2-10(8-13(12)16)25-18(27)19(22,23)24/h3,5-7,9-10,26H,2,4,8H2,1H3,(H,25,27)/t10-/m0/s1. The number of benzene rings is 2. The highest BCUT2D eigenvalue weighted by Gasteiger charge is 2.40. The molecule has 3 rings (SSSR count). The highest BCUT2D eigenvalue weighted by Crippen LogP contribution is 2.35. The number of hydrogen-bond donors (Lipinski definition) is 2. The van der Waals surface area contributed by atoms with Crippen LogP contribution in [0.15, 0.2) is 35.2 Å². The lowest BCUT2D eigenvalue weighted by atomic mass is 9.87. The maximum Gasteiger partial charge on any atom is 0.471 e. The van der Waals surface area contributed by atoms with Gasteiger partial charge in [-0.25, -0.2) is 12.8 Å². The molecule has 0 radical (unpaired) electrons. The van der Waals surface area contributed by atoms with Gasteiger partial charge in [-0.2, -0.15) is 13.2 Å². The molecule has 2 N–H and O–H groups in total. The van der Waals surface area contributed by atoms with Crippen molar-refractivity contribution in [2.45, 2.75) is 36.4 Å². The first-order valence-corrected chi connectivity index (χ1v) is 10.8. The van der Waals surface area contributed by atoms with Gasteiger partial charge in [0, 0.05) is 11.6 Å². The minimum Gasteiger partial charge on any atom is -0.496 e. The molecule has 0 unspecified atom stereocenters. The molecule has 12 heteroatoms. The zero-order chi connectivity index (χ0) is 23.0. The molecule has 0 fully saturated rings. The maximum absolute atomic E-state index is 13.3. The maximum atomic E-state index is 13.3. The summed E-state index contributed by atoms with van der Waals surface area (Å²) in [7, 11) is -2.78. The van der Waals surface area contributed by atoms with Crippen LogP contribution in [0, 0.1) is 5.82 Å². The summed E-state index contributed by atoms with van der Waals surface area (Å²) in [6.07, 6.45) is -4.86. The third kappa shape index (κ3) is 5.04. The van der Waals surface area contributed by atoms with E-state index in [0.29, 0.717) is 16.9 Å². The molecule has 0 saturated heterocycles. The highest BCUT2D eigenvalue weighted by molar-refractivity contribution is 7.92. The second-order valence-corrected chi connectivity index (χ2v) is 8.93. The largest absolute Gasteiger partial charge is 0.496 e. The number of amides is 1. The Bertz CT molecular complexity index is 1120. The lowest BCUT2D eigenvalue weighted by Gasteiger charge is -2.28. The lowest BCUT2D eigenvalue weighted by Crippen LogP contribution is -2.45. The minimum absolute atomic E-state index is 0.0357. The molecule has 31 heavy (non-hydrogen) atoms. The number of ether oxygens (including phenoxy) is 1. The predicted molar refractivity (Wildman–Crippen MR) is 105 cm³/mol. The number of nitrogens with one attached hydrogen (secondary N) is 2. The molecule has 0 spiro atoms. The Kier molecular flexibility index (Phi) is 6.38. The summed E-state index contributed by atoms with van der Waals surface area (Å²) in [5.41, 5.74) is 0.806. The SMILES string of the molecule is COc1ccc(S(=O)(=O)Nc2ccc(F)c(Cl)c2)c2c1C[C@@H](NC(=O)C(F)(F)F)CC2. The summed E-state index contributed by atoms with van der Waals surface area (Å²) in [6.45, 7) is 0. The van der Waals surface area contributed by atoms with Crippen LogP contribution in [0.5, 0.6) is 5.75 Å². The van der Waals surface area contributed by atoms with Gasteiger partial charge in [-0.1, -0.05) is 11.6 Å². The Morgan fingerprint density at radius 3 is 2.52 bits per heavy atom. The highest BCUT2D eigenvalue weighted by atomic mass is 35.5. The number of alkyl halides is 3. The average Bonchev–Trinajstić information content (AvgIpc) is 2.68. The fourth-order valence-corrected chi connectivity index (χ4v) is 4.94. The summed E-state index contributed by atoms with van der Waals surface area (Å²) in [4.78, 5) is 11.2. The van der Waals surface area contributed by atoms with E-state index in [1.807, 2.05) is 5.32 Å². The van der Waals surface area contributed by atoms with Crippen molar-refractivity contribution in [2.75, 3.05) is 11.8 Å². The molecule has 0 saturated carbocycles. The Morgan fingerprint density at radius 1 is 1.19 bits per heavy atom. The molecule has 2 aromatic carbocycles. The van der Waals surface area contributed by atoms with Crippen LogP contribution in [-0.4, -0.2) is 33.7 Å². The second-order valence-electron chi connectivity index (χ2n) is 6.87. The summed E-state index contributed by atoms with van der Waals surface area (Å²) in [5.74, 6) is -2.47. The molecule has 6 nitrogen and oxygen atoms in total. The van der Waals surface area contributed by atoms with Crippen molar-refractivity contribution in [2.24, 2.45) is 0 Å². The zero-order valence-electron chi connectivity index (χ0n) is 16.0. The smallest absolute Gasteiger partial charge is 0.471 e. The van der Waals surface area contributed by atoms with Crippen LogP contribution >= 0.6 is 11.6 Å². The van der Waals surface area contributed by atoms with E-state index in [-0.39, 0.29) is 34.9 Å². The topological polar surface area (TPSA) is 84.5 Å². The van der Waals surface area contributed by atoms with E-state index in [9.17, 15) is 30.8 Å². The molecular weight excluding hydrogens is 464 g/mol. The van der Waals surface area contributed by atoms with Crippen LogP contribution in [0.2, 0.25) is 5.02 Å². The predicted octanol–water partition coefficient (Wildman–Crippen LogP) is 3.82. The number of methoxy groups -OCH3 is 1. The molecule has 1 amide bonds. The number of halogens is 5. The van der Waals surface area contributed by atoms with Gasteiger partial charge in [0.25, 0.3) is 10.0 Å². The number of fused-ring (bicyclic) bond motifs is 1. The quantitative estimate of drug-likeness (QED) is 0.637. The molecule has 0 aliphatic heterocycles. The van der Waals surface area contributed by atoms with Gasteiger partial charge in [0.1, 0.15) is 11.6 Å². The molecule has 1 aliphatic rings. The van der Waals surface area contributed by atoms with Gasteiger partial charge in [-0.15, -0.1) is 0 Å². The molecule has 1 aliphatic carbocycles. The number of hydrogen-bond acceptors (Lipinski definition) is 4. The Morgan fingerprint density at radius 2 is 1.90 bits per heavy atom. The van der Waals surface area contributed by atoms with Crippen LogP contribution < -0.4 is 14.8 Å². The second kappa shape index (κ2) is 8.54. The van der Waals surface area contributed by atoms with Gasteiger partial charge < -0.3 is 10.1 Å². The van der Waals surface area contributed by atoms with Crippen LogP contribution in [0.4, 0.5) is 23.2 Å². The third-order valence-corrected chi connectivity index (χ3v) is 6.57. The molecule has 0 bridgehead atoms. The van der Waals surface area contributed by atoms with Crippen molar-refractivity contribution in [3.63, 3.8) is 0 Å². The van der Waals surface area contributed by atoms with Crippen molar-refractivity contribution >= 4 is 33.2 Å². The summed E-state index contributed by atoms with van der Waals surface area (Å²) in [6, 6.07) is 5.21. The third-order valence-electron chi connectivity index (χ3n) is 4.81. The molecule has 1 atom stereocenters. The monoisotopic (exact) mass is 480 g/mol. The van der Waals surface area contributed by atoms with Gasteiger partial charge >= 0.3 is 12.1 Å². The minimum atomic E-state index is -5.02. The number of anilines is 1. The molecule has 0 aromatic heterocycles. The van der Waals surface area contributed by atoms with Crippen LogP contribution in [0.25, 0.3) is 0 Å². The first-order valence-electron chi connectivity index (χ1n) is 8.96. The van der Waals surface area contributed by atoms with E-state index in [0.717, 1.165) is 12.1 Å². The van der Waals surface area contributed by atoms with E-state index in [1.54, 1.807) is 0 Å². The molecule has 2 aromatic rings. The Balaban J connectivity index is 1.93. The van der Waals surface area contributed by atoms with Gasteiger partial charge in [0.05, 0.1) is 22.7 Å². The van der Waals surface area contributed by atoms with Crippen molar-refractivity contribution in [1.82, 2.24) is 5.32 Å². The van der Waals surface area contributed by atoms with E-state index in [1.165, 1.54) is 25.3 Å². The Hall–Kier alpha value is -2.53. The number of carbonyl (C=O) groups is 1. The fourth-order valence-electron chi connectivity index (χ4n) is 3.42. The van der Waals surface area contributed by atoms with E-state index in [2.05, 4.69) is 4.72 Å². The van der Waals surface area contributed by atoms with Crippen LogP contribution in [0.3, 0.4) is 0 Å². The van der Waals surface area contributed by atoms with E-state index >= 15 is 0 Å². The van der Waals surface area contributed by atoms with Crippen LogP contribution in [0.1, 0.15) is 17.5 Å². The summed E-state index contributed by atoms with van der Waals surface area (Å²) in [5, 5.41) is 1.66. The van der Waals surface area contributed by atoms with Crippen molar-refractivity contribution in [3.8, 4) is 5.75 Å². The summed E-state index contributed by atoms with van der Waals surface area (Å²) >= 11 is 5.69. The lowest BCUT2D eigenvalue weighted by molar-refractivity contribution is -0.174. The number of rotatable bonds is 5. The number of sulfonamides is 1. The fraction of sp³-hybridized carbons (Fsp3) is 0.316. The summed E-state index contributed by atoms with van der Waals surface area (Å²) < 4.78 is 84.5. The normalized spacial score (nSPS) is 16.4. The van der Waals surface area contributed by atoms with Crippen molar-refractivity contribution in [3.05, 3.63) is 52.3 Å². The van der Waals surface area contributed by atoms with Crippen molar-refractivity contribution in [1.29, 1.82) is 0 Å². The first-order chi connectivity index (χ1) is 14.4. The average molecular weight is 481 g/mol. The van der Waals surface area contributed by atoms with E-state index in [4.69, 9.17) is 16.3 Å². The van der Waals surface area contributed by atoms with Crippen molar-refractivity contribution < 1.29 is 35.5 Å². The van der Waals surface area contributed by atoms with Crippen LogP contribution in [-0.2, 0) is 27.7 Å². The molecule has 0 heterocycles.